The second-order valence-corrected chi connectivity index (χ2v) is 5.21. The Morgan fingerprint density at radius 3 is 3.12 bits per heavy atom. The zero-order chi connectivity index (χ0) is 17.4. The molecule has 0 atom stereocenters. The molecular weight excluding hydrogens is 322 g/mol. The average Bonchev–Trinajstić information content (AvgIpc) is 3.25. The third-order valence-electron chi connectivity index (χ3n) is 3.68. The molecule has 0 aliphatic rings. The fourth-order valence-electron chi connectivity index (χ4n) is 2.51. The molecule has 0 amide bonds. The van der Waals surface area contributed by atoms with Crippen molar-refractivity contribution in [1.82, 2.24) is 30.0 Å². The Bertz CT molecular complexity index is 1210. The first kappa shape index (κ1) is 14.6. The molecule has 0 saturated heterocycles. The number of aromatic nitrogens is 6. The van der Waals surface area contributed by atoms with E-state index >= 15 is 0 Å². The number of fused-ring (bicyclic) bond motifs is 2. The van der Waals surface area contributed by atoms with Gasteiger partial charge in [-0.1, -0.05) is 17.2 Å². The summed E-state index contributed by atoms with van der Waals surface area (Å²) in [4.78, 5) is 15.5. The van der Waals surface area contributed by atoms with Gasteiger partial charge in [0.1, 0.15) is 11.2 Å². The number of benzene rings is 1. The lowest BCUT2D eigenvalue weighted by Gasteiger charge is -2.05. The normalized spacial score (nSPS) is 10.8. The average molecular weight is 333 g/mol. The van der Waals surface area contributed by atoms with Gasteiger partial charge in [-0.05, 0) is 12.1 Å². The molecule has 122 valence electrons. The van der Waals surface area contributed by atoms with E-state index in [9.17, 15) is 4.79 Å². The Morgan fingerprint density at radius 1 is 1.40 bits per heavy atom. The van der Waals surface area contributed by atoms with E-state index in [1.165, 1.54) is 16.8 Å². The fourth-order valence-corrected chi connectivity index (χ4v) is 2.51. The lowest BCUT2D eigenvalue weighted by atomic mass is 10.1. The minimum absolute atomic E-state index is 0.0388. The summed E-state index contributed by atoms with van der Waals surface area (Å²) in [5.74, 6) is 2.13. The van der Waals surface area contributed by atoms with Gasteiger partial charge in [0, 0.05) is 11.6 Å². The predicted molar refractivity (Wildman–Crippen MR) is 90.3 cm³/mol. The predicted octanol–water partition coefficient (Wildman–Crippen LogP) is 0.936. The molecule has 0 radical (unpaired) electrons. The second-order valence-electron chi connectivity index (χ2n) is 5.21. The summed E-state index contributed by atoms with van der Waals surface area (Å²) < 4.78 is 6.29. The second kappa shape index (κ2) is 5.61. The smallest absolute Gasteiger partial charge is 0.274 e. The highest BCUT2D eigenvalue weighted by Crippen LogP contribution is 2.21. The number of aromatic amines is 2. The van der Waals surface area contributed by atoms with Crippen LogP contribution in [0.2, 0.25) is 0 Å². The molecule has 0 bridgehead atoms. The molecule has 0 aliphatic heterocycles. The number of nitrogens with one attached hydrogen (secondary N) is 3. The van der Waals surface area contributed by atoms with Gasteiger partial charge in [-0.2, -0.15) is 9.61 Å². The van der Waals surface area contributed by atoms with Crippen molar-refractivity contribution >= 4 is 22.6 Å². The van der Waals surface area contributed by atoms with E-state index in [0.29, 0.717) is 22.4 Å². The van der Waals surface area contributed by atoms with Crippen LogP contribution in [0.4, 0.5) is 0 Å². The number of hydrogen-bond acceptors (Lipinski definition) is 6. The van der Waals surface area contributed by atoms with Crippen LogP contribution >= 0.6 is 0 Å². The van der Waals surface area contributed by atoms with Gasteiger partial charge in [0.2, 0.25) is 5.90 Å². The quantitative estimate of drug-likeness (QED) is 0.292. The summed E-state index contributed by atoms with van der Waals surface area (Å²) in [7, 11) is 0. The summed E-state index contributed by atoms with van der Waals surface area (Å²) in [6.45, 7) is -0.0388. The molecule has 3 aromatic heterocycles. The van der Waals surface area contributed by atoms with Crippen LogP contribution in [0.5, 0.6) is 0 Å². The maximum atomic E-state index is 12.3. The van der Waals surface area contributed by atoms with Crippen molar-refractivity contribution < 1.29 is 4.74 Å². The standard InChI is InChI=1S/C16H11N7O2/c1-2-5-25-15(17)10-8-18-23-14(24)7-12(19-16(10)23)9-3-4-11-13(6-9)21-22-20-11/h1,3-4,6-8,17,19H,5H2,(H,20,21,22). The van der Waals surface area contributed by atoms with Gasteiger partial charge < -0.3 is 9.72 Å². The molecular formula is C16H11N7O2. The summed E-state index contributed by atoms with van der Waals surface area (Å²) >= 11 is 0. The number of hydrogen-bond donors (Lipinski definition) is 3. The van der Waals surface area contributed by atoms with Crippen LogP contribution in [0.1, 0.15) is 5.56 Å². The highest BCUT2D eigenvalue weighted by Gasteiger charge is 2.14. The summed E-state index contributed by atoms with van der Waals surface area (Å²) in [6.07, 6.45) is 6.53. The number of terminal acetylenes is 1. The van der Waals surface area contributed by atoms with E-state index in [4.69, 9.17) is 16.6 Å². The van der Waals surface area contributed by atoms with Crippen molar-refractivity contribution in [2.75, 3.05) is 6.61 Å². The molecule has 0 aliphatic carbocycles. The summed E-state index contributed by atoms with van der Waals surface area (Å²) in [6, 6.07) is 6.89. The number of ether oxygens (including phenoxy) is 1. The van der Waals surface area contributed by atoms with E-state index in [1.807, 2.05) is 12.1 Å². The Morgan fingerprint density at radius 2 is 2.28 bits per heavy atom. The third kappa shape index (κ3) is 2.42. The molecule has 9 nitrogen and oxygen atoms in total. The molecule has 4 rings (SSSR count). The van der Waals surface area contributed by atoms with Gasteiger partial charge in [0.15, 0.2) is 6.61 Å². The largest absolute Gasteiger partial charge is 0.464 e. The number of H-pyrrole nitrogens is 2. The molecule has 3 N–H and O–H groups in total. The highest BCUT2D eigenvalue weighted by atomic mass is 16.5. The van der Waals surface area contributed by atoms with E-state index in [2.05, 4.69) is 31.4 Å². The minimum Gasteiger partial charge on any atom is -0.464 e. The third-order valence-corrected chi connectivity index (χ3v) is 3.68. The Balaban J connectivity index is 1.86. The minimum atomic E-state index is -0.333. The Hall–Kier alpha value is -3.93. The van der Waals surface area contributed by atoms with Gasteiger partial charge in [-0.15, -0.1) is 11.5 Å². The first-order valence-corrected chi connectivity index (χ1v) is 7.25. The molecule has 0 saturated carbocycles. The van der Waals surface area contributed by atoms with Gasteiger partial charge in [0.25, 0.3) is 5.56 Å². The molecule has 0 spiro atoms. The molecule has 0 fully saturated rings. The lowest BCUT2D eigenvalue weighted by molar-refractivity contribution is 0.356. The maximum Gasteiger partial charge on any atom is 0.274 e. The van der Waals surface area contributed by atoms with E-state index in [0.717, 1.165) is 11.1 Å². The van der Waals surface area contributed by atoms with E-state index < -0.39 is 0 Å². The monoisotopic (exact) mass is 333 g/mol. The van der Waals surface area contributed by atoms with Crippen molar-refractivity contribution in [2.24, 2.45) is 0 Å². The highest BCUT2D eigenvalue weighted by molar-refractivity contribution is 5.97. The SMILES string of the molecule is C#CCOC(=N)c1cnn2c(=O)cc(-c3ccc4[nH]nnc4c3)[nH]c12. The van der Waals surface area contributed by atoms with Crippen LogP contribution < -0.4 is 5.56 Å². The maximum absolute atomic E-state index is 12.3. The number of nitrogens with zero attached hydrogens (tertiary/aromatic N) is 4. The lowest BCUT2D eigenvalue weighted by Crippen LogP contribution is -2.15. The van der Waals surface area contributed by atoms with Crippen LogP contribution in [-0.4, -0.2) is 42.5 Å². The molecule has 1 aromatic carbocycles. The van der Waals surface area contributed by atoms with Gasteiger partial charge in [0.05, 0.1) is 23.0 Å². The zero-order valence-electron chi connectivity index (χ0n) is 12.8. The van der Waals surface area contributed by atoms with Crippen molar-refractivity contribution in [3.05, 3.63) is 46.4 Å². The molecule has 4 aromatic rings. The molecule has 25 heavy (non-hydrogen) atoms. The van der Waals surface area contributed by atoms with Gasteiger partial charge in [-0.3, -0.25) is 15.3 Å². The summed E-state index contributed by atoms with van der Waals surface area (Å²) in [5.41, 5.74) is 3.15. The van der Waals surface area contributed by atoms with Crippen LogP contribution in [0.15, 0.2) is 35.3 Å². The van der Waals surface area contributed by atoms with Crippen LogP contribution in [-0.2, 0) is 4.74 Å². The van der Waals surface area contributed by atoms with Gasteiger partial charge >= 0.3 is 0 Å². The van der Waals surface area contributed by atoms with Crippen molar-refractivity contribution in [2.45, 2.75) is 0 Å². The Labute approximate surface area is 140 Å². The molecule has 3 heterocycles. The van der Waals surface area contributed by atoms with Crippen molar-refractivity contribution in [3.8, 4) is 23.6 Å². The first-order chi connectivity index (χ1) is 12.2. The molecule has 9 heteroatoms. The van der Waals surface area contributed by atoms with Crippen molar-refractivity contribution in [1.29, 1.82) is 5.41 Å². The Kier molecular flexibility index (Phi) is 3.29. The fraction of sp³-hybridized carbons (Fsp3) is 0.0625. The first-order valence-electron chi connectivity index (χ1n) is 7.25. The molecule has 0 unspecified atom stereocenters. The zero-order valence-corrected chi connectivity index (χ0v) is 12.8. The van der Waals surface area contributed by atoms with Crippen molar-refractivity contribution in [3.63, 3.8) is 0 Å². The number of rotatable bonds is 3. The van der Waals surface area contributed by atoms with Crippen LogP contribution in [0.25, 0.3) is 27.9 Å². The van der Waals surface area contributed by atoms with E-state index in [-0.39, 0.29) is 18.1 Å². The summed E-state index contributed by atoms with van der Waals surface area (Å²) in [5, 5.41) is 22.4. The van der Waals surface area contributed by atoms with Crippen LogP contribution in [0, 0.1) is 17.8 Å². The van der Waals surface area contributed by atoms with E-state index in [1.54, 1.807) is 6.07 Å². The topological polar surface area (TPSA) is 125 Å². The van der Waals surface area contributed by atoms with Gasteiger partial charge in [-0.25, -0.2) is 0 Å². The van der Waals surface area contributed by atoms with Crippen LogP contribution in [0.3, 0.4) is 0 Å².